The highest BCUT2D eigenvalue weighted by Crippen LogP contribution is 2.34. The smallest absolute Gasteiger partial charge is 0.321 e. The molecule has 1 heterocycles. The minimum atomic E-state index is -0.477. The topological polar surface area (TPSA) is 52.6 Å². The predicted octanol–water partition coefficient (Wildman–Crippen LogP) is 3.60. The number of piperidine rings is 1. The minimum Gasteiger partial charge on any atom is -0.391 e. The van der Waals surface area contributed by atoms with E-state index in [4.69, 9.17) is 11.6 Å². The molecule has 2 atom stereocenters. The number of carbonyl (C=O) groups is 1. The first-order valence-corrected chi connectivity index (χ1v) is 7.65. The second-order valence-electron chi connectivity index (χ2n) is 6.71. The van der Waals surface area contributed by atoms with E-state index in [-0.39, 0.29) is 17.4 Å². The number of aliphatic hydroxyl groups excluding tert-OH is 1. The molecule has 0 aliphatic carbocycles. The molecule has 1 aliphatic rings. The average molecular weight is 311 g/mol. The third-order valence-corrected chi connectivity index (χ3v) is 4.33. The van der Waals surface area contributed by atoms with Crippen LogP contribution >= 0.6 is 11.6 Å². The summed E-state index contributed by atoms with van der Waals surface area (Å²) < 4.78 is 0. The zero-order valence-electron chi connectivity index (χ0n) is 12.8. The summed E-state index contributed by atoms with van der Waals surface area (Å²) in [5, 5.41) is 13.8. The van der Waals surface area contributed by atoms with Gasteiger partial charge in [0.2, 0.25) is 0 Å². The van der Waals surface area contributed by atoms with E-state index in [1.54, 1.807) is 29.2 Å². The van der Waals surface area contributed by atoms with E-state index in [1.165, 1.54) is 0 Å². The van der Waals surface area contributed by atoms with Gasteiger partial charge in [0.05, 0.1) is 6.10 Å². The molecule has 0 radical (unpaired) electrons. The molecule has 1 fully saturated rings. The number of urea groups is 1. The number of amides is 2. The van der Waals surface area contributed by atoms with Gasteiger partial charge in [-0.3, -0.25) is 0 Å². The van der Waals surface area contributed by atoms with Crippen LogP contribution in [0, 0.1) is 11.3 Å². The Morgan fingerprint density at radius 2 is 1.95 bits per heavy atom. The van der Waals surface area contributed by atoms with Gasteiger partial charge >= 0.3 is 6.03 Å². The molecule has 0 spiro atoms. The van der Waals surface area contributed by atoms with E-state index >= 15 is 0 Å². The molecule has 2 amide bonds. The molecule has 0 saturated carbocycles. The normalized spacial score (nSPS) is 23.0. The van der Waals surface area contributed by atoms with Crippen molar-refractivity contribution < 1.29 is 9.90 Å². The molecule has 1 aliphatic heterocycles. The van der Waals surface area contributed by atoms with Crippen LogP contribution in [0.15, 0.2) is 24.3 Å². The van der Waals surface area contributed by atoms with Crippen LogP contribution in [0.1, 0.15) is 27.2 Å². The first-order chi connectivity index (χ1) is 9.77. The lowest BCUT2D eigenvalue weighted by atomic mass is 9.74. The van der Waals surface area contributed by atoms with Gasteiger partial charge in [-0.2, -0.15) is 0 Å². The summed E-state index contributed by atoms with van der Waals surface area (Å²) in [4.78, 5) is 13.9. The number of benzene rings is 1. The zero-order chi connectivity index (χ0) is 15.6. The zero-order valence-corrected chi connectivity index (χ0v) is 13.5. The summed E-state index contributed by atoms with van der Waals surface area (Å²) in [6, 6.07) is 6.82. The van der Waals surface area contributed by atoms with Crippen molar-refractivity contribution in [3.05, 3.63) is 29.3 Å². The SMILES string of the molecule is CC(C)(C)[C@H]1CCN(C(=O)Nc2ccc(Cl)cc2)C[C@@H]1O. The van der Waals surface area contributed by atoms with E-state index < -0.39 is 6.10 Å². The largest absolute Gasteiger partial charge is 0.391 e. The summed E-state index contributed by atoms with van der Waals surface area (Å²) in [6.45, 7) is 7.43. The molecule has 2 rings (SSSR count). The average Bonchev–Trinajstić information content (AvgIpc) is 2.39. The molecule has 0 bridgehead atoms. The second-order valence-corrected chi connectivity index (χ2v) is 7.15. The van der Waals surface area contributed by atoms with Crippen LogP contribution in [0.3, 0.4) is 0 Å². The van der Waals surface area contributed by atoms with E-state index in [9.17, 15) is 9.90 Å². The second kappa shape index (κ2) is 6.24. The van der Waals surface area contributed by atoms with Crippen LogP contribution < -0.4 is 5.32 Å². The number of β-amino-alcohol motifs (C(OH)–C–C–N with tert-alkyl or cyclic N) is 1. The summed E-state index contributed by atoms with van der Waals surface area (Å²) in [5.41, 5.74) is 0.759. The van der Waals surface area contributed by atoms with Gasteiger partial charge in [0, 0.05) is 23.8 Å². The highest BCUT2D eigenvalue weighted by atomic mass is 35.5. The number of hydrogen-bond acceptors (Lipinski definition) is 2. The van der Waals surface area contributed by atoms with Crippen LogP contribution in [0.4, 0.5) is 10.5 Å². The Morgan fingerprint density at radius 1 is 1.33 bits per heavy atom. The molecule has 1 aromatic carbocycles. The fourth-order valence-corrected chi connectivity index (χ4v) is 2.99. The van der Waals surface area contributed by atoms with Crippen molar-refractivity contribution in [2.75, 3.05) is 18.4 Å². The number of halogens is 1. The lowest BCUT2D eigenvalue weighted by Crippen LogP contribution is -2.51. The van der Waals surface area contributed by atoms with Gasteiger partial charge in [-0.25, -0.2) is 4.79 Å². The number of nitrogens with one attached hydrogen (secondary N) is 1. The lowest BCUT2D eigenvalue weighted by Gasteiger charge is -2.42. The summed E-state index contributed by atoms with van der Waals surface area (Å²) >= 11 is 5.82. The summed E-state index contributed by atoms with van der Waals surface area (Å²) in [7, 11) is 0. The highest BCUT2D eigenvalue weighted by molar-refractivity contribution is 6.30. The van der Waals surface area contributed by atoms with Gasteiger partial charge in [0.25, 0.3) is 0 Å². The molecule has 21 heavy (non-hydrogen) atoms. The van der Waals surface area contributed by atoms with Crippen molar-refractivity contribution in [1.82, 2.24) is 4.90 Å². The number of hydrogen-bond donors (Lipinski definition) is 2. The highest BCUT2D eigenvalue weighted by Gasteiger charge is 2.36. The Bertz CT molecular complexity index is 496. The van der Waals surface area contributed by atoms with Gasteiger partial charge in [-0.15, -0.1) is 0 Å². The molecule has 2 N–H and O–H groups in total. The lowest BCUT2D eigenvalue weighted by molar-refractivity contribution is -0.0107. The molecule has 1 saturated heterocycles. The number of anilines is 1. The maximum Gasteiger partial charge on any atom is 0.321 e. The van der Waals surface area contributed by atoms with E-state index in [0.717, 1.165) is 6.42 Å². The Balaban J connectivity index is 1.94. The Kier molecular flexibility index (Phi) is 4.79. The first-order valence-electron chi connectivity index (χ1n) is 7.27. The summed E-state index contributed by atoms with van der Waals surface area (Å²) in [5.74, 6) is 0.220. The maximum absolute atomic E-state index is 12.2. The van der Waals surface area contributed by atoms with Gasteiger partial charge < -0.3 is 15.3 Å². The van der Waals surface area contributed by atoms with Crippen LogP contribution in [0.5, 0.6) is 0 Å². The van der Waals surface area contributed by atoms with Crippen molar-refractivity contribution in [1.29, 1.82) is 0 Å². The molecular formula is C16H23ClN2O2. The Morgan fingerprint density at radius 3 is 2.48 bits per heavy atom. The maximum atomic E-state index is 12.2. The number of nitrogens with zero attached hydrogens (tertiary/aromatic N) is 1. The van der Waals surface area contributed by atoms with Crippen LogP contribution in [0.2, 0.25) is 5.02 Å². The monoisotopic (exact) mass is 310 g/mol. The third kappa shape index (κ3) is 4.11. The Labute approximate surface area is 131 Å². The van der Waals surface area contributed by atoms with Crippen molar-refractivity contribution in [2.24, 2.45) is 11.3 Å². The molecule has 4 nitrogen and oxygen atoms in total. The van der Waals surface area contributed by atoms with Gasteiger partial charge in [-0.1, -0.05) is 32.4 Å². The van der Waals surface area contributed by atoms with Gasteiger partial charge in [-0.05, 0) is 42.0 Å². The first kappa shape index (κ1) is 16.1. The van der Waals surface area contributed by atoms with E-state index in [2.05, 4.69) is 26.1 Å². The number of carbonyl (C=O) groups excluding carboxylic acids is 1. The van der Waals surface area contributed by atoms with Crippen molar-refractivity contribution in [3.8, 4) is 0 Å². The van der Waals surface area contributed by atoms with E-state index in [1.807, 2.05) is 0 Å². The van der Waals surface area contributed by atoms with E-state index in [0.29, 0.717) is 23.8 Å². The fourth-order valence-electron chi connectivity index (χ4n) is 2.86. The standard InChI is InChI=1S/C16H23ClN2O2/c1-16(2,3)13-8-9-19(10-14(13)20)15(21)18-12-6-4-11(17)5-7-12/h4-7,13-14,20H,8-10H2,1-3H3,(H,18,21)/t13-,14-/m0/s1. The minimum absolute atomic E-state index is 0.0537. The molecule has 5 heteroatoms. The van der Waals surface area contributed by atoms with Gasteiger partial charge in [0.1, 0.15) is 0 Å². The van der Waals surface area contributed by atoms with Crippen molar-refractivity contribution in [3.63, 3.8) is 0 Å². The van der Waals surface area contributed by atoms with Crippen LogP contribution in [-0.4, -0.2) is 35.2 Å². The quantitative estimate of drug-likeness (QED) is 0.832. The summed E-state index contributed by atoms with van der Waals surface area (Å²) in [6.07, 6.45) is 0.341. The van der Waals surface area contributed by atoms with Crippen LogP contribution in [0.25, 0.3) is 0 Å². The fraction of sp³-hybridized carbons (Fsp3) is 0.562. The molecule has 116 valence electrons. The molecule has 1 aromatic rings. The van der Waals surface area contributed by atoms with Crippen LogP contribution in [-0.2, 0) is 0 Å². The van der Waals surface area contributed by atoms with Crippen molar-refractivity contribution in [2.45, 2.75) is 33.3 Å². The number of aliphatic hydroxyl groups is 1. The third-order valence-electron chi connectivity index (χ3n) is 4.08. The number of rotatable bonds is 1. The molecule has 0 unspecified atom stereocenters. The van der Waals surface area contributed by atoms with Crippen molar-refractivity contribution >= 4 is 23.3 Å². The number of likely N-dealkylation sites (tertiary alicyclic amines) is 1. The van der Waals surface area contributed by atoms with Gasteiger partial charge in [0.15, 0.2) is 0 Å². The molecule has 0 aromatic heterocycles. The Hall–Kier alpha value is -1.26. The predicted molar refractivity (Wildman–Crippen MR) is 85.6 cm³/mol. The molecular weight excluding hydrogens is 288 g/mol.